The van der Waals surface area contributed by atoms with Crippen molar-refractivity contribution in [1.29, 1.82) is 0 Å². The molecule has 0 aliphatic heterocycles. The van der Waals surface area contributed by atoms with Gasteiger partial charge in [0.2, 0.25) is 0 Å². The molecular weight excluding hydrogens is 102 g/mol. The number of rotatable bonds is 1. The fourth-order valence-corrected chi connectivity index (χ4v) is 0. The van der Waals surface area contributed by atoms with Gasteiger partial charge in [0, 0.05) is 0 Å². The largest absolute Gasteiger partial charge is 0.114 e. The molecule has 0 N–H and O–H groups in total. The van der Waals surface area contributed by atoms with Crippen molar-refractivity contribution in [3.05, 3.63) is 12.7 Å². The third-order valence-corrected chi connectivity index (χ3v) is 0.676. The van der Waals surface area contributed by atoms with Gasteiger partial charge in [-0.15, -0.1) is 27.4 Å². The predicted octanol–water partition coefficient (Wildman–Crippen LogP) is 1.61. The maximum Gasteiger partial charge on any atom is 0.0651 e. The summed E-state index contributed by atoms with van der Waals surface area (Å²) in [4.78, 5) is 0. The Labute approximate surface area is 39.4 Å². The molecule has 0 aliphatic rings. The van der Waals surface area contributed by atoms with Gasteiger partial charge in [0.15, 0.2) is 0 Å². The Kier molecular flexibility index (Phi) is 2.93. The summed E-state index contributed by atoms with van der Waals surface area (Å²) in [6.45, 7) is 3.41. The standard InChI is InChI=1S/C3H6ClP/c1-2-3(4)5/h2-3H,1,5H2. The van der Waals surface area contributed by atoms with E-state index < -0.39 is 0 Å². The second kappa shape index (κ2) is 2.68. The van der Waals surface area contributed by atoms with E-state index in [1.54, 1.807) is 6.08 Å². The van der Waals surface area contributed by atoms with Crippen molar-refractivity contribution in [3.63, 3.8) is 0 Å². The molecule has 0 aliphatic carbocycles. The van der Waals surface area contributed by atoms with Crippen molar-refractivity contribution in [2.75, 3.05) is 0 Å². The van der Waals surface area contributed by atoms with Gasteiger partial charge in [-0.1, -0.05) is 6.08 Å². The summed E-state index contributed by atoms with van der Waals surface area (Å²) < 4.78 is 0. The summed E-state index contributed by atoms with van der Waals surface area (Å²) >= 11 is 5.31. The van der Waals surface area contributed by atoms with Crippen LogP contribution in [0.4, 0.5) is 0 Å². The van der Waals surface area contributed by atoms with Gasteiger partial charge in [0.1, 0.15) is 0 Å². The fourth-order valence-electron chi connectivity index (χ4n) is 0. The molecule has 0 heterocycles. The Morgan fingerprint density at radius 1 is 2.00 bits per heavy atom. The molecule has 2 atom stereocenters. The van der Waals surface area contributed by atoms with Crippen LogP contribution in [0.3, 0.4) is 0 Å². The van der Waals surface area contributed by atoms with Crippen LogP contribution in [0.25, 0.3) is 0 Å². The molecule has 5 heavy (non-hydrogen) atoms. The van der Waals surface area contributed by atoms with Crippen molar-refractivity contribution in [1.82, 2.24) is 0 Å². The van der Waals surface area contributed by atoms with E-state index >= 15 is 0 Å². The van der Waals surface area contributed by atoms with E-state index in [4.69, 9.17) is 11.6 Å². The van der Waals surface area contributed by atoms with Crippen molar-refractivity contribution in [2.24, 2.45) is 0 Å². The highest BCUT2D eigenvalue weighted by Crippen LogP contribution is 2.03. The van der Waals surface area contributed by atoms with Crippen LogP contribution < -0.4 is 0 Å². The lowest BCUT2D eigenvalue weighted by atomic mass is 10.8. The van der Waals surface area contributed by atoms with Crippen LogP contribution in [-0.4, -0.2) is 5.12 Å². The predicted molar refractivity (Wildman–Crippen MR) is 29.5 cm³/mol. The van der Waals surface area contributed by atoms with Gasteiger partial charge in [0.25, 0.3) is 0 Å². The zero-order valence-electron chi connectivity index (χ0n) is 2.82. The Balaban J connectivity index is 2.83. The van der Waals surface area contributed by atoms with Gasteiger partial charge in [-0.25, -0.2) is 0 Å². The molecule has 0 aromatic heterocycles. The fraction of sp³-hybridized carbons (Fsp3) is 0.333. The van der Waals surface area contributed by atoms with Crippen LogP contribution in [0, 0.1) is 0 Å². The smallest absolute Gasteiger partial charge is 0.0651 e. The third kappa shape index (κ3) is 4.46. The van der Waals surface area contributed by atoms with E-state index in [1.165, 1.54) is 0 Å². The molecule has 0 rings (SSSR count). The minimum Gasteiger partial charge on any atom is -0.114 e. The van der Waals surface area contributed by atoms with Crippen LogP contribution >= 0.6 is 20.8 Å². The maximum absolute atomic E-state index is 5.31. The Morgan fingerprint density at radius 3 is 2.20 bits per heavy atom. The van der Waals surface area contributed by atoms with Gasteiger partial charge >= 0.3 is 0 Å². The number of halogens is 1. The van der Waals surface area contributed by atoms with Crippen LogP contribution in [-0.2, 0) is 0 Å². The molecule has 0 saturated carbocycles. The SMILES string of the molecule is C=CC(P)Cl. The molecule has 0 fully saturated rings. The summed E-state index contributed by atoms with van der Waals surface area (Å²) in [7, 11) is 2.38. The highest BCUT2D eigenvalue weighted by Gasteiger charge is 1.77. The summed E-state index contributed by atoms with van der Waals surface area (Å²) in [5.74, 6) is 0. The first-order chi connectivity index (χ1) is 2.27. The minimum absolute atomic E-state index is 0.0370. The van der Waals surface area contributed by atoms with E-state index in [0.29, 0.717) is 0 Å². The zero-order chi connectivity index (χ0) is 4.28. The monoisotopic (exact) mass is 108 g/mol. The lowest BCUT2D eigenvalue weighted by Gasteiger charge is -1.81. The van der Waals surface area contributed by atoms with E-state index in [1.807, 2.05) is 0 Å². The number of hydrogen-bond acceptors (Lipinski definition) is 0. The third-order valence-electron chi connectivity index (χ3n) is 0.225. The van der Waals surface area contributed by atoms with Gasteiger partial charge in [-0.05, 0) is 0 Å². The first-order valence-electron chi connectivity index (χ1n) is 1.29. The number of allylic oxidation sites excluding steroid dienone is 1. The van der Waals surface area contributed by atoms with Crippen LogP contribution in [0.15, 0.2) is 12.7 Å². The summed E-state index contributed by atoms with van der Waals surface area (Å²) in [6.07, 6.45) is 1.65. The van der Waals surface area contributed by atoms with Gasteiger partial charge in [0.05, 0.1) is 5.12 Å². The molecule has 0 spiro atoms. The van der Waals surface area contributed by atoms with Crippen LogP contribution in [0.2, 0.25) is 0 Å². The molecule has 0 bridgehead atoms. The Morgan fingerprint density at radius 2 is 2.20 bits per heavy atom. The van der Waals surface area contributed by atoms with Crippen molar-refractivity contribution < 1.29 is 0 Å². The van der Waals surface area contributed by atoms with E-state index in [2.05, 4.69) is 15.8 Å². The molecule has 0 amide bonds. The van der Waals surface area contributed by atoms with Gasteiger partial charge in [-0.3, -0.25) is 0 Å². The molecule has 0 saturated heterocycles. The zero-order valence-corrected chi connectivity index (χ0v) is 4.73. The quantitative estimate of drug-likeness (QED) is 0.272. The Bertz CT molecular complexity index is 33.9. The summed E-state index contributed by atoms with van der Waals surface area (Å²) in [6, 6.07) is 0. The molecule has 2 heteroatoms. The van der Waals surface area contributed by atoms with E-state index in [0.717, 1.165) is 0 Å². The molecule has 0 aromatic carbocycles. The molecule has 0 radical (unpaired) electrons. The first-order valence-corrected chi connectivity index (χ1v) is 2.40. The molecular formula is C3H6ClP. The molecule has 0 nitrogen and oxygen atoms in total. The Hall–Kier alpha value is 0.460. The van der Waals surface area contributed by atoms with Crippen molar-refractivity contribution in [3.8, 4) is 0 Å². The highest BCUT2D eigenvalue weighted by molar-refractivity contribution is 7.21. The lowest BCUT2D eigenvalue weighted by Crippen LogP contribution is -1.67. The highest BCUT2D eigenvalue weighted by atomic mass is 35.5. The van der Waals surface area contributed by atoms with Crippen molar-refractivity contribution in [2.45, 2.75) is 5.12 Å². The van der Waals surface area contributed by atoms with E-state index in [-0.39, 0.29) is 5.12 Å². The molecule has 0 aromatic rings. The van der Waals surface area contributed by atoms with Crippen molar-refractivity contribution >= 4 is 20.8 Å². The van der Waals surface area contributed by atoms with Crippen LogP contribution in [0.5, 0.6) is 0 Å². The van der Waals surface area contributed by atoms with E-state index in [9.17, 15) is 0 Å². The lowest BCUT2D eigenvalue weighted by molar-refractivity contribution is 1.67. The summed E-state index contributed by atoms with van der Waals surface area (Å²) in [5, 5.41) is 0.0370. The topological polar surface area (TPSA) is 0 Å². The van der Waals surface area contributed by atoms with Crippen LogP contribution in [0.1, 0.15) is 0 Å². The molecule has 30 valence electrons. The van der Waals surface area contributed by atoms with Gasteiger partial charge in [-0.2, -0.15) is 0 Å². The average molecular weight is 109 g/mol. The minimum atomic E-state index is 0.0370. The average Bonchev–Trinajstić information content (AvgIpc) is 1.38. The number of hydrogen-bond donors (Lipinski definition) is 0. The second-order valence-corrected chi connectivity index (χ2v) is 2.32. The second-order valence-electron chi connectivity index (χ2n) is 0.680. The summed E-state index contributed by atoms with van der Waals surface area (Å²) in [5.41, 5.74) is 0. The maximum atomic E-state index is 5.31. The normalized spacial score (nSPS) is 14.0. The molecule has 2 unspecified atom stereocenters. The number of alkyl halides is 1. The van der Waals surface area contributed by atoms with Gasteiger partial charge < -0.3 is 0 Å². The first kappa shape index (κ1) is 5.46.